The molecule has 2 amide bonds. The fourth-order valence-corrected chi connectivity index (χ4v) is 3.35. The Bertz CT molecular complexity index is 883. The number of thiocarbonyl (C=S) groups is 1. The minimum absolute atomic E-state index is 0.209. The maximum atomic E-state index is 13.0. The molecule has 25 heavy (non-hydrogen) atoms. The lowest BCUT2D eigenvalue weighted by atomic mass is 10.2. The van der Waals surface area contributed by atoms with Crippen molar-refractivity contribution in [3.63, 3.8) is 0 Å². The average Bonchev–Trinajstić information content (AvgIpc) is 2.85. The standard InChI is InChI=1S/C17H10ClFN2O2S2/c18-12-5-3-11(4-6-12)15(22)20-21-16(23)14(25-17(21)24)9-10-1-7-13(19)8-2-10/h1-9H,(H,20,22)/b14-9-. The van der Waals surface area contributed by atoms with Crippen LogP contribution in [0.3, 0.4) is 0 Å². The molecular weight excluding hydrogens is 383 g/mol. The number of carbonyl (C=O) groups is 2. The number of carbonyl (C=O) groups excluding carboxylic acids is 2. The molecule has 0 bridgehead atoms. The van der Waals surface area contributed by atoms with Gasteiger partial charge in [0.05, 0.1) is 4.91 Å². The molecule has 0 atom stereocenters. The first kappa shape index (κ1) is 17.6. The van der Waals surface area contributed by atoms with Crippen LogP contribution in [0.5, 0.6) is 0 Å². The molecule has 4 nitrogen and oxygen atoms in total. The van der Waals surface area contributed by atoms with Gasteiger partial charge in [0.15, 0.2) is 4.32 Å². The maximum Gasteiger partial charge on any atom is 0.285 e. The molecule has 2 aromatic carbocycles. The smallest absolute Gasteiger partial charge is 0.267 e. The lowest BCUT2D eigenvalue weighted by Gasteiger charge is -2.15. The third-order valence-electron chi connectivity index (χ3n) is 3.28. The molecule has 0 aromatic heterocycles. The Morgan fingerprint density at radius 3 is 2.44 bits per heavy atom. The molecule has 0 saturated carbocycles. The van der Waals surface area contributed by atoms with E-state index >= 15 is 0 Å². The van der Waals surface area contributed by atoms with Crippen LogP contribution in [0.1, 0.15) is 15.9 Å². The van der Waals surface area contributed by atoms with Gasteiger partial charge in [-0.2, -0.15) is 5.01 Å². The third-order valence-corrected chi connectivity index (χ3v) is 4.84. The van der Waals surface area contributed by atoms with Gasteiger partial charge in [-0.15, -0.1) is 0 Å². The van der Waals surface area contributed by atoms with Crippen molar-refractivity contribution in [2.24, 2.45) is 0 Å². The highest BCUT2D eigenvalue weighted by atomic mass is 35.5. The van der Waals surface area contributed by atoms with Crippen LogP contribution in [0.2, 0.25) is 5.02 Å². The molecule has 0 unspecified atom stereocenters. The predicted octanol–water partition coefficient (Wildman–Crippen LogP) is 4.03. The van der Waals surface area contributed by atoms with E-state index in [1.165, 1.54) is 12.1 Å². The molecule has 1 N–H and O–H groups in total. The van der Waals surface area contributed by atoms with Crippen LogP contribution in [-0.2, 0) is 4.79 Å². The van der Waals surface area contributed by atoms with Crippen LogP contribution in [0.4, 0.5) is 4.39 Å². The second kappa shape index (κ2) is 7.35. The Balaban J connectivity index is 1.76. The number of amides is 2. The first-order valence-electron chi connectivity index (χ1n) is 7.04. The summed E-state index contributed by atoms with van der Waals surface area (Å²) in [6.45, 7) is 0. The van der Waals surface area contributed by atoms with Crippen LogP contribution >= 0.6 is 35.6 Å². The Hall–Kier alpha value is -2.22. The van der Waals surface area contributed by atoms with Crippen molar-refractivity contribution in [1.82, 2.24) is 10.4 Å². The molecule has 2 aromatic rings. The van der Waals surface area contributed by atoms with Crippen LogP contribution in [0.25, 0.3) is 6.08 Å². The number of thioether (sulfide) groups is 1. The van der Waals surface area contributed by atoms with Gasteiger partial charge in [0.25, 0.3) is 11.8 Å². The zero-order chi connectivity index (χ0) is 18.0. The molecule has 1 fully saturated rings. The summed E-state index contributed by atoms with van der Waals surface area (Å²) in [6.07, 6.45) is 1.59. The Morgan fingerprint density at radius 1 is 1.16 bits per heavy atom. The Labute approximate surface area is 157 Å². The quantitative estimate of drug-likeness (QED) is 0.633. The highest BCUT2D eigenvalue weighted by Gasteiger charge is 2.33. The molecule has 8 heteroatoms. The van der Waals surface area contributed by atoms with Crippen molar-refractivity contribution in [3.05, 3.63) is 75.4 Å². The fraction of sp³-hybridized carbons (Fsp3) is 0. The Morgan fingerprint density at radius 2 is 1.80 bits per heavy atom. The van der Waals surface area contributed by atoms with E-state index in [-0.39, 0.29) is 10.1 Å². The molecule has 1 aliphatic rings. The van der Waals surface area contributed by atoms with Crippen molar-refractivity contribution in [3.8, 4) is 0 Å². The third kappa shape index (κ3) is 4.07. The summed E-state index contributed by atoms with van der Waals surface area (Å²) in [5.41, 5.74) is 3.48. The summed E-state index contributed by atoms with van der Waals surface area (Å²) in [5, 5.41) is 1.52. The average molecular weight is 393 g/mol. The van der Waals surface area contributed by atoms with E-state index in [4.69, 9.17) is 23.8 Å². The van der Waals surface area contributed by atoms with Crippen LogP contribution in [0.15, 0.2) is 53.4 Å². The molecule has 1 heterocycles. The summed E-state index contributed by atoms with van der Waals surface area (Å²) >= 11 is 12.0. The molecule has 126 valence electrons. The first-order valence-corrected chi connectivity index (χ1v) is 8.64. The zero-order valence-corrected chi connectivity index (χ0v) is 14.9. The minimum Gasteiger partial charge on any atom is -0.267 e. The highest BCUT2D eigenvalue weighted by molar-refractivity contribution is 8.26. The van der Waals surface area contributed by atoms with Gasteiger partial charge in [-0.3, -0.25) is 15.0 Å². The van der Waals surface area contributed by atoms with Gasteiger partial charge < -0.3 is 0 Å². The number of rotatable bonds is 3. The van der Waals surface area contributed by atoms with E-state index in [9.17, 15) is 14.0 Å². The second-order valence-electron chi connectivity index (χ2n) is 5.02. The number of nitrogens with zero attached hydrogens (tertiary/aromatic N) is 1. The summed E-state index contributed by atoms with van der Waals surface area (Å²) in [5.74, 6) is -1.28. The minimum atomic E-state index is -0.476. The van der Waals surface area contributed by atoms with Crippen molar-refractivity contribution in [1.29, 1.82) is 0 Å². The normalized spacial score (nSPS) is 15.8. The molecular formula is C17H10ClFN2O2S2. The number of hydrogen-bond acceptors (Lipinski definition) is 4. The van der Waals surface area contributed by atoms with Crippen LogP contribution < -0.4 is 5.43 Å². The number of halogens is 2. The van der Waals surface area contributed by atoms with Crippen LogP contribution in [0, 0.1) is 5.82 Å². The van der Waals surface area contributed by atoms with E-state index in [1.54, 1.807) is 42.5 Å². The van der Waals surface area contributed by atoms with Crippen molar-refractivity contribution >= 4 is 57.8 Å². The number of hydrazine groups is 1. The summed E-state index contributed by atoms with van der Waals surface area (Å²) in [7, 11) is 0. The lowest BCUT2D eigenvalue weighted by molar-refractivity contribution is -0.123. The molecule has 1 saturated heterocycles. The summed E-state index contributed by atoms with van der Waals surface area (Å²) in [4.78, 5) is 25.0. The number of nitrogens with one attached hydrogen (secondary N) is 1. The summed E-state index contributed by atoms with van der Waals surface area (Å²) in [6, 6.07) is 11.9. The van der Waals surface area contributed by atoms with Gasteiger partial charge in [-0.25, -0.2) is 4.39 Å². The SMILES string of the molecule is O=C(NN1C(=O)/C(=C/c2ccc(F)cc2)SC1=S)c1ccc(Cl)cc1. The molecule has 0 spiro atoms. The summed E-state index contributed by atoms with van der Waals surface area (Å²) < 4.78 is 13.2. The molecule has 0 radical (unpaired) electrons. The fourth-order valence-electron chi connectivity index (χ4n) is 2.04. The van der Waals surface area contributed by atoms with Gasteiger partial charge in [-0.1, -0.05) is 35.5 Å². The van der Waals surface area contributed by atoms with E-state index in [2.05, 4.69) is 5.43 Å². The topological polar surface area (TPSA) is 49.4 Å². The van der Waals surface area contributed by atoms with E-state index in [0.717, 1.165) is 16.8 Å². The Kier molecular flexibility index (Phi) is 5.17. The molecule has 3 rings (SSSR count). The van der Waals surface area contributed by atoms with Crippen molar-refractivity contribution < 1.29 is 14.0 Å². The largest absolute Gasteiger partial charge is 0.285 e. The van der Waals surface area contributed by atoms with Gasteiger partial charge in [0.2, 0.25) is 0 Å². The lowest BCUT2D eigenvalue weighted by Crippen LogP contribution is -2.44. The van der Waals surface area contributed by atoms with Crippen molar-refractivity contribution in [2.45, 2.75) is 0 Å². The van der Waals surface area contributed by atoms with Crippen LogP contribution in [-0.4, -0.2) is 21.1 Å². The van der Waals surface area contributed by atoms with Gasteiger partial charge in [0.1, 0.15) is 5.82 Å². The molecule has 0 aliphatic carbocycles. The maximum absolute atomic E-state index is 13.0. The number of hydrogen-bond donors (Lipinski definition) is 1. The van der Waals surface area contributed by atoms with Gasteiger partial charge >= 0.3 is 0 Å². The van der Waals surface area contributed by atoms with Gasteiger partial charge in [-0.05, 0) is 60.3 Å². The first-order chi connectivity index (χ1) is 11.9. The predicted molar refractivity (Wildman–Crippen MR) is 100 cm³/mol. The van der Waals surface area contributed by atoms with Gasteiger partial charge in [0, 0.05) is 10.6 Å². The van der Waals surface area contributed by atoms with Crippen molar-refractivity contribution in [2.75, 3.05) is 0 Å². The number of benzene rings is 2. The highest BCUT2D eigenvalue weighted by Crippen LogP contribution is 2.31. The van der Waals surface area contributed by atoms with E-state index in [1.807, 2.05) is 0 Å². The van der Waals surface area contributed by atoms with E-state index < -0.39 is 11.8 Å². The monoisotopic (exact) mass is 392 g/mol. The van der Waals surface area contributed by atoms with E-state index in [0.29, 0.717) is 21.1 Å². The zero-order valence-electron chi connectivity index (χ0n) is 12.5. The molecule has 1 aliphatic heterocycles. The second-order valence-corrected chi connectivity index (χ2v) is 7.13.